The van der Waals surface area contributed by atoms with E-state index in [0.29, 0.717) is 36.4 Å². The minimum Gasteiger partial charge on any atom is -0.493 e. The zero-order valence-corrected chi connectivity index (χ0v) is 25.3. The lowest BCUT2D eigenvalue weighted by Gasteiger charge is -2.38. The predicted octanol–water partition coefficient (Wildman–Crippen LogP) is 3.98. The van der Waals surface area contributed by atoms with Crippen LogP contribution in [-0.2, 0) is 17.8 Å². The summed E-state index contributed by atoms with van der Waals surface area (Å²) in [7, 11) is 1.46. The number of amides is 3. The Morgan fingerprint density at radius 1 is 1.13 bits per heavy atom. The highest BCUT2D eigenvalue weighted by Gasteiger charge is 2.35. The third-order valence-electron chi connectivity index (χ3n) is 7.61. The number of nitrogens with one attached hydrogen (secondary N) is 2. The molecule has 6 rings (SSSR count). The summed E-state index contributed by atoms with van der Waals surface area (Å²) in [5, 5.41) is 8.29. The van der Waals surface area contributed by atoms with Gasteiger partial charge in [0.05, 0.1) is 18.2 Å². The van der Waals surface area contributed by atoms with Crippen molar-refractivity contribution in [2.45, 2.75) is 31.5 Å². The maximum atomic E-state index is 14.6. The molecule has 4 aromatic rings. The van der Waals surface area contributed by atoms with Gasteiger partial charge in [0.2, 0.25) is 0 Å². The van der Waals surface area contributed by atoms with Gasteiger partial charge < -0.3 is 29.7 Å². The third-order valence-corrected chi connectivity index (χ3v) is 8.46. The van der Waals surface area contributed by atoms with Crippen LogP contribution in [0.25, 0.3) is 0 Å². The number of carbonyl (C=O) groups is 3. The largest absolute Gasteiger partial charge is 0.493 e. The summed E-state index contributed by atoms with van der Waals surface area (Å²) >= 11 is 1.43. The molecule has 0 radical (unpaired) electrons. The fourth-order valence-electron chi connectivity index (χ4n) is 5.39. The lowest BCUT2D eigenvalue weighted by molar-refractivity contribution is -0.125. The molecular weight excluding hydrogens is 599 g/mol. The van der Waals surface area contributed by atoms with E-state index in [1.54, 1.807) is 28.5 Å². The van der Waals surface area contributed by atoms with Gasteiger partial charge in [0.1, 0.15) is 23.4 Å². The van der Waals surface area contributed by atoms with Crippen LogP contribution in [-0.4, -0.2) is 66.6 Å². The van der Waals surface area contributed by atoms with Crippen molar-refractivity contribution in [1.82, 2.24) is 20.5 Å². The fraction of sp³-hybridized carbons (Fsp3) is 0.273. The second kappa shape index (κ2) is 13.3. The van der Waals surface area contributed by atoms with E-state index < -0.39 is 29.8 Å². The summed E-state index contributed by atoms with van der Waals surface area (Å²) in [6, 6.07) is 18.1. The van der Waals surface area contributed by atoms with Crippen LogP contribution in [0.4, 0.5) is 4.39 Å². The van der Waals surface area contributed by atoms with Gasteiger partial charge in [0, 0.05) is 49.5 Å². The van der Waals surface area contributed by atoms with E-state index in [4.69, 9.17) is 14.2 Å². The van der Waals surface area contributed by atoms with Crippen molar-refractivity contribution in [3.05, 3.63) is 105 Å². The number of rotatable bonds is 4. The van der Waals surface area contributed by atoms with Crippen molar-refractivity contribution in [3.63, 3.8) is 0 Å². The van der Waals surface area contributed by atoms with Gasteiger partial charge in [0.25, 0.3) is 17.7 Å². The number of hydrogen-bond donors (Lipinski definition) is 2. The number of nitrogens with zero attached hydrogens (tertiary/aromatic N) is 2. The number of hydrogen-bond acceptors (Lipinski definition) is 8. The number of methoxy groups -OCH3 is 1. The minimum atomic E-state index is -0.631. The van der Waals surface area contributed by atoms with E-state index in [0.717, 1.165) is 10.6 Å². The molecule has 0 aliphatic carbocycles. The van der Waals surface area contributed by atoms with Crippen LogP contribution in [0, 0.1) is 5.82 Å². The van der Waals surface area contributed by atoms with Crippen molar-refractivity contribution < 1.29 is 33.0 Å². The van der Waals surface area contributed by atoms with Gasteiger partial charge in [-0.3, -0.25) is 14.4 Å². The lowest BCUT2D eigenvalue weighted by Crippen LogP contribution is -2.58. The van der Waals surface area contributed by atoms with E-state index in [9.17, 15) is 18.8 Å². The van der Waals surface area contributed by atoms with Crippen LogP contribution in [0.3, 0.4) is 0 Å². The molecule has 45 heavy (non-hydrogen) atoms. The Hall–Kier alpha value is -4.97. The zero-order chi connectivity index (χ0) is 31.3. The SMILES string of the molecule is COc1ccc2cc1OCC(=O)N[C@@H]1CN(C(=O)c3csc(Cc4ccccc4)n3)CC[C@@H]1Oc1cc(F)cc(c1)CNC2=O. The molecule has 0 unspecified atom stereocenters. The van der Waals surface area contributed by atoms with Gasteiger partial charge in [-0.25, -0.2) is 9.37 Å². The van der Waals surface area contributed by atoms with Crippen molar-refractivity contribution in [3.8, 4) is 17.2 Å². The number of fused-ring (bicyclic) bond motifs is 5. The van der Waals surface area contributed by atoms with E-state index in [-0.39, 0.29) is 42.7 Å². The standard InChI is InChI=1S/C33H31FN4O6S/c1-42-28-8-7-22-14-29(28)43-18-30(39)36-25-17-38(33(41)26-19-45-31(37-26)13-20-5-3-2-4-6-20)10-9-27(25)44-24-12-21(11-23(34)15-24)16-35-32(22)40/h2-8,11-12,14-15,19,25,27H,9-10,13,16-18H2,1H3,(H,35,40)(H,36,39)/t25-,27+/m1/s1. The first-order chi connectivity index (χ1) is 21.8. The van der Waals surface area contributed by atoms with Gasteiger partial charge in [-0.2, -0.15) is 0 Å². The average molecular weight is 631 g/mol. The van der Waals surface area contributed by atoms with Crippen LogP contribution in [0.2, 0.25) is 0 Å². The highest BCUT2D eigenvalue weighted by atomic mass is 32.1. The first-order valence-corrected chi connectivity index (χ1v) is 15.3. The maximum absolute atomic E-state index is 14.6. The second-order valence-electron chi connectivity index (χ2n) is 10.8. The smallest absolute Gasteiger partial charge is 0.273 e. The first kappa shape index (κ1) is 30.1. The topological polar surface area (TPSA) is 119 Å². The second-order valence-corrected chi connectivity index (χ2v) is 11.7. The number of likely N-dealkylation sites (tertiary alicyclic amines) is 1. The quantitative estimate of drug-likeness (QED) is 0.350. The molecule has 4 bridgehead atoms. The maximum Gasteiger partial charge on any atom is 0.273 e. The lowest BCUT2D eigenvalue weighted by atomic mass is 10.0. The van der Waals surface area contributed by atoms with Crippen LogP contribution in [0.1, 0.15) is 43.4 Å². The molecule has 2 N–H and O–H groups in total. The number of piperidine rings is 1. The molecule has 2 aliphatic rings. The summed E-state index contributed by atoms with van der Waals surface area (Å²) < 4.78 is 32.0. The molecule has 1 aromatic heterocycles. The highest BCUT2D eigenvalue weighted by Crippen LogP contribution is 2.29. The van der Waals surface area contributed by atoms with E-state index in [1.807, 2.05) is 30.3 Å². The van der Waals surface area contributed by atoms with Crippen molar-refractivity contribution >= 4 is 29.1 Å². The number of aromatic nitrogens is 1. The van der Waals surface area contributed by atoms with Crippen LogP contribution in [0.5, 0.6) is 17.2 Å². The summed E-state index contributed by atoms with van der Waals surface area (Å²) in [5.41, 5.74) is 2.23. The molecule has 12 heteroatoms. The first-order valence-electron chi connectivity index (χ1n) is 14.5. The van der Waals surface area contributed by atoms with E-state index in [1.165, 1.54) is 36.6 Å². The molecule has 10 nitrogen and oxygen atoms in total. The molecule has 3 amide bonds. The Morgan fingerprint density at radius 3 is 2.80 bits per heavy atom. The average Bonchev–Trinajstić information content (AvgIpc) is 3.51. The van der Waals surface area contributed by atoms with Gasteiger partial charge in [-0.05, 0) is 41.5 Å². The normalized spacial score (nSPS) is 18.5. The van der Waals surface area contributed by atoms with E-state index in [2.05, 4.69) is 15.6 Å². The monoisotopic (exact) mass is 630 g/mol. The summed E-state index contributed by atoms with van der Waals surface area (Å²) in [6.45, 7) is 0.178. The molecule has 0 spiro atoms. The molecule has 0 saturated carbocycles. The van der Waals surface area contributed by atoms with Gasteiger partial charge in [-0.15, -0.1) is 11.3 Å². The molecule has 2 aliphatic heterocycles. The van der Waals surface area contributed by atoms with Gasteiger partial charge in [-0.1, -0.05) is 30.3 Å². The molecule has 1 saturated heterocycles. The van der Waals surface area contributed by atoms with Crippen LogP contribution >= 0.6 is 11.3 Å². The number of ether oxygens (including phenoxy) is 3. The van der Waals surface area contributed by atoms with E-state index >= 15 is 0 Å². The number of thiazole rings is 1. The third kappa shape index (κ3) is 7.23. The summed E-state index contributed by atoms with van der Waals surface area (Å²) in [5.74, 6) is -0.832. The van der Waals surface area contributed by atoms with Gasteiger partial charge >= 0.3 is 0 Å². The Labute approximate surface area is 263 Å². The molecule has 3 aromatic carbocycles. The highest BCUT2D eigenvalue weighted by molar-refractivity contribution is 7.09. The Bertz CT molecular complexity index is 1710. The number of carbonyl (C=O) groups excluding carboxylic acids is 3. The van der Waals surface area contributed by atoms with Gasteiger partial charge in [0.15, 0.2) is 18.1 Å². The van der Waals surface area contributed by atoms with Crippen LogP contribution < -0.4 is 24.8 Å². The molecule has 2 atom stereocenters. The van der Waals surface area contributed by atoms with Crippen LogP contribution in [0.15, 0.2) is 72.1 Å². The summed E-state index contributed by atoms with van der Waals surface area (Å²) in [6.07, 6.45) is 0.425. The molecule has 232 valence electrons. The Kier molecular flexibility index (Phi) is 8.92. The summed E-state index contributed by atoms with van der Waals surface area (Å²) in [4.78, 5) is 45.7. The molecule has 1 fully saturated rings. The molecular formula is C33H31FN4O6S. The van der Waals surface area contributed by atoms with Crippen molar-refractivity contribution in [2.75, 3.05) is 26.8 Å². The minimum absolute atomic E-state index is 0.0577. The Morgan fingerprint density at radius 2 is 1.98 bits per heavy atom. The predicted molar refractivity (Wildman–Crippen MR) is 164 cm³/mol. The fourth-order valence-corrected chi connectivity index (χ4v) is 6.19. The van der Waals surface area contributed by atoms with Crippen molar-refractivity contribution in [1.29, 1.82) is 0 Å². The molecule has 3 heterocycles. The number of halogens is 1. The van der Waals surface area contributed by atoms with Crippen molar-refractivity contribution in [2.24, 2.45) is 0 Å². The zero-order valence-electron chi connectivity index (χ0n) is 24.5. The number of benzene rings is 3. The Balaban J connectivity index is 1.23.